The highest BCUT2D eigenvalue weighted by Gasteiger charge is 2.24. The van der Waals surface area contributed by atoms with Crippen LogP contribution in [0.15, 0.2) is 41.1 Å². The number of thiophene rings is 1. The van der Waals surface area contributed by atoms with Crippen LogP contribution in [0.2, 0.25) is 0 Å². The first-order valence-electron chi connectivity index (χ1n) is 7.41. The highest BCUT2D eigenvalue weighted by atomic mass is 32.1. The van der Waals surface area contributed by atoms with Gasteiger partial charge in [0.05, 0.1) is 5.60 Å². The van der Waals surface area contributed by atoms with Crippen molar-refractivity contribution in [3.8, 4) is 0 Å². The SMILES string of the molecule is CC(CC(=O)Nc1ccc(F)cc1)NCC(C)(O)c1ccsc1. The van der Waals surface area contributed by atoms with Crippen molar-refractivity contribution in [2.24, 2.45) is 0 Å². The number of benzene rings is 1. The topological polar surface area (TPSA) is 61.4 Å². The third-order valence-corrected chi connectivity index (χ3v) is 4.24. The van der Waals surface area contributed by atoms with Gasteiger partial charge in [-0.15, -0.1) is 0 Å². The normalized spacial score (nSPS) is 15.0. The maximum absolute atomic E-state index is 12.8. The third kappa shape index (κ3) is 5.42. The van der Waals surface area contributed by atoms with Gasteiger partial charge in [-0.3, -0.25) is 4.79 Å². The molecule has 0 aliphatic carbocycles. The molecule has 2 rings (SSSR count). The molecule has 2 aromatic rings. The van der Waals surface area contributed by atoms with E-state index in [4.69, 9.17) is 0 Å². The molecule has 0 radical (unpaired) electrons. The van der Waals surface area contributed by atoms with Gasteiger partial charge in [0, 0.05) is 24.7 Å². The summed E-state index contributed by atoms with van der Waals surface area (Å²) in [7, 11) is 0. The van der Waals surface area contributed by atoms with Gasteiger partial charge in [-0.2, -0.15) is 11.3 Å². The minimum atomic E-state index is -0.971. The lowest BCUT2D eigenvalue weighted by molar-refractivity contribution is -0.116. The molecule has 4 nitrogen and oxygen atoms in total. The van der Waals surface area contributed by atoms with Gasteiger partial charge in [0.25, 0.3) is 0 Å². The van der Waals surface area contributed by atoms with Gasteiger partial charge in [0.1, 0.15) is 5.82 Å². The monoisotopic (exact) mass is 336 g/mol. The fourth-order valence-corrected chi connectivity index (χ4v) is 2.92. The molecule has 1 aromatic carbocycles. The lowest BCUT2D eigenvalue weighted by Gasteiger charge is -2.25. The molecule has 0 saturated heterocycles. The lowest BCUT2D eigenvalue weighted by Crippen LogP contribution is -2.40. The molecule has 124 valence electrons. The fraction of sp³-hybridized carbons (Fsp3) is 0.353. The number of nitrogens with one attached hydrogen (secondary N) is 2. The summed E-state index contributed by atoms with van der Waals surface area (Å²) in [5, 5.41) is 20.1. The van der Waals surface area contributed by atoms with E-state index >= 15 is 0 Å². The summed E-state index contributed by atoms with van der Waals surface area (Å²) in [6, 6.07) is 7.43. The van der Waals surface area contributed by atoms with Crippen LogP contribution in [0.3, 0.4) is 0 Å². The van der Waals surface area contributed by atoms with Crippen LogP contribution >= 0.6 is 11.3 Å². The first-order valence-corrected chi connectivity index (χ1v) is 8.35. The van der Waals surface area contributed by atoms with Gasteiger partial charge in [-0.05, 0) is 60.5 Å². The molecular weight excluding hydrogens is 315 g/mol. The van der Waals surface area contributed by atoms with E-state index in [9.17, 15) is 14.3 Å². The fourth-order valence-electron chi connectivity index (χ4n) is 2.14. The van der Waals surface area contributed by atoms with Crippen LogP contribution < -0.4 is 10.6 Å². The van der Waals surface area contributed by atoms with E-state index in [1.165, 1.54) is 35.6 Å². The number of aliphatic hydroxyl groups is 1. The van der Waals surface area contributed by atoms with E-state index in [0.29, 0.717) is 12.2 Å². The predicted octanol–water partition coefficient (Wildman–Crippen LogP) is 3.10. The minimum Gasteiger partial charge on any atom is -0.384 e. The zero-order chi connectivity index (χ0) is 16.9. The van der Waals surface area contributed by atoms with Gasteiger partial charge < -0.3 is 15.7 Å². The van der Waals surface area contributed by atoms with Crippen molar-refractivity contribution in [3.05, 3.63) is 52.5 Å². The van der Waals surface area contributed by atoms with Crippen LogP contribution in [0.5, 0.6) is 0 Å². The second-order valence-corrected chi connectivity index (χ2v) is 6.61. The number of carbonyl (C=O) groups is 1. The van der Waals surface area contributed by atoms with Crippen molar-refractivity contribution in [1.82, 2.24) is 5.32 Å². The molecule has 2 unspecified atom stereocenters. The first kappa shape index (κ1) is 17.6. The Morgan fingerprint density at radius 2 is 2.04 bits per heavy atom. The van der Waals surface area contributed by atoms with E-state index in [2.05, 4.69) is 10.6 Å². The molecule has 0 saturated carbocycles. The summed E-state index contributed by atoms with van der Waals surface area (Å²) < 4.78 is 12.8. The second-order valence-electron chi connectivity index (χ2n) is 5.83. The average molecular weight is 336 g/mol. The molecule has 23 heavy (non-hydrogen) atoms. The number of hydrogen-bond acceptors (Lipinski definition) is 4. The Balaban J connectivity index is 1.79. The third-order valence-electron chi connectivity index (χ3n) is 3.56. The number of hydrogen-bond donors (Lipinski definition) is 3. The molecule has 0 spiro atoms. The van der Waals surface area contributed by atoms with Crippen molar-refractivity contribution in [1.29, 1.82) is 0 Å². The number of anilines is 1. The molecular formula is C17H21FN2O2S. The molecule has 0 aliphatic heterocycles. The van der Waals surface area contributed by atoms with Crippen LogP contribution in [0.25, 0.3) is 0 Å². The largest absolute Gasteiger partial charge is 0.384 e. The standard InChI is InChI=1S/C17H21FN2O2S/c1-12(19-11-17(2,22)13-7-8-23-10-13)9-16(21)20-15-5-3-14(18)4-6-15/h3-8,10,12,19,22H,9,11H2,1-2H3,(H,20,21). The van der Waals surface area contributed by atoms with Crippen LogP contribution in [-0.4, -0.2) is 23.6 Å². The summed E-state index contributed by atoms with van der Waals surface area (Å²) in [4.78, 5) is 12.0. The maximum Gasteiger partial charge on any atom is 0.225 e. The smallest absolute Gasteiger partial charge is 0.225 e. The van der Waals surface area contributed by atoms with E-state index in [1.807, 2.05) is 23.8 Å². The molecule has 0 bridgehead atoms. The molecule has 0 fully saturated rings. The maximum atomic E-state index is 12.8. The van der Waals surface area contributed by atoms with Crippen molar-refractivity contribution in [2.75, 3.05) is 11.9 Å². The van der Waals surface area contributed by atoms with Crippen molar-refractivity contribution in [2.45, 2.75) is 31.9 Å². The molecule has 0 aliphatic rings. The van der Waals surface area contributed by atoms with E-state index < -0.39 is 5.60 Å². The zero-order valence-electron chi connectivity index (χ0n) is 13.2. The molecule has 1 amide bonds. The van der Waals surface area contributed by atoms with Crippen LogP contribution in [-0.2, 0) is 10.4 Å². The summed E-state index contributed by atoms with van der Waals surface area (Å²) in [6.45, 7) is 3.98. The number of halogens is 1. The highest BCUT2D eigenvalue weighted by molar-refractivity contribution is 7.08. The zero-order valence-corrected chi connectivity index (χ0v) is 14.0. The van der Waals surface area contributed by atoms with Crippen molar-refractivity contribution in [3.63, 3.8) is 0 Å². The number of amides is 1. The van der Waals surface area contributed by atoms with E-state index in [1.54, 1.807) is 6.92 Å². The summed E-state index contributed by atoms with van der Waals surface area (Å²) in [5.41, 5.74) is 0.452. The van der Waals surface area contributed by atoms with Gasteiger partial charge >= 0.3 is 0 Å². The van der Waals surface area contributed by atoms with Crippen LogP contribution in [0, 0.1) is 5.82 Å². The van der Waals surface area contributed by atoms with Crippen LogP contribution in [0.1, 0.15) is 25.8 Å². The van der Waals surface area contributed by atoms with E-state index in [-0.39, 0.29) is 24.2 Å². The van der Waals surface area contributed by atoms with Crippen molar-refractivity contribution >= 4 is 22.9 Å². The molecule has 1 aromatic heterocycles. The Morgan fingerprint density at radius 3 is 2.65 bits per heavy atom. The molecule has 6 heteroatoms. The lowest BCUT2D eigenvalue weighted by atomic mass is 9.99. The Hall–Kier alpha value is -1.76. The Morgan fingerprint density at radius 1 is 1.35 bits per heavy atom. The minimum absolute atomic E-state index is 0.0967. The quantitative estimate of drug-likeness (QED) is 0.728. The summed E-state index contributed by atoms with van der Waals surface area (Å²) in [5.74, 6) is -0.500. The van der Waals surface area contributed by atoms with Gasteiger partial charge in [-0.25, -0.2) is 4.39 Å². The molecule has 2 atom stereocenters. The van der Waals surface area contributed by atoms with Gasteiger partial charge in [0.2, 0.25) is 5.91 Å². The predicted molar refractivity (Wildman–Crippen MR) is 91.0 cm³/mol. The van der Waals surface area contributed by atoms with Gasteiger partial charge in [-0.1, -0.05) is 0 Å². The van der Waals surface area contributed by atoms with Gasteiger partial charge in [0.15, 0.2) is 0 Å². The summed E-state index contributed by atoms with van der Waals surface area (Å²) in [6.07, 6.45) is 0.261. The number of rotatable bonds is 7. The Bertz CT molecular complexity index is 627. The molecule has 1 heterocycles. The van der Waals surface area contributed by atoms with E-state index in [0.717, 1.165) is 5.56 Å². The Kier molecular flexibility index (Phi) is 5.87. The summed E-state index contributed by atoms with van der Waals surface area (Å²) >= 11 is 1.54. The Labute approximate surface area is 139 Å². The molecule has 3 N–H and O–H groups in total. The highest BCUT2D eigenvalue weighted by Crippen LogP contribution is 2.22. The average Bonchev–Trinajstić information content (AvgIpc) is 3.03. The van der Waals surface area contributed by atoms with Crippen LogP contribution in [0.4, 0.5) is 10.1 Å². The second kappa shape index (κ2) is 7.68. The first-order chi connectivity index (χ1) is 10.9. The number of carbonyl (C=O) groups excluding carboxylic acids is 1. The van der Waals surface area contributed by atoms with Crippen molar-refractivity contribution < 1.29 is 14.3 Å².